The van der Waals surface area contributed by atoms with E-state index in [2.05, 4.69) is 4.18 Å². The van der Waals surface area contributed by atoms with E-state index in [0.29, 0.717) is 0 Å². The summed E-state index contributed by atoms with van der Waals surface area (Å²) in [5.41, 5.74) is 0. The summed E-state index contributed by atoms with van der Waals surface area (Å²) >= 11 is 0. The molecule has 0 bridgehead atoms. The molecule has 0 aliphatic rings. The summed E-state index contributed by atoms with van der Waals surface area (Å²) in [7, 11) is -7.84. The van der Waals surface area contributed by atoms with Crippen LogP contribution in [-0.4, -0.2) is 28.5 Å². The third-order valence-electron chi connectivity index (χ3n) is 1.62. The number of benzene rings is 1. The third kappa shape index (κ3) is 2.53. The Kier molecular flexibility index (Phi) is 3.14. The van der Waals surface area contributed by atoms with Gasteiger partial charge in [0.2, 0.25) is 0 Å². The molecule has 1 aromatic rings. The van der Waals surface area contributed by atoms with Crippen LogP contribution in [0.4, 0.5) is 0 Å². The fourth-order valence-corrected chi connectivity index (χ4v) is 2.89. The van der Waals surface area contributed by atoms with Crippen LogP contribution in [0.3, 0.4) is 0 Å². The molecule has 0 saturated carbocycles. The lowest BCUT2D eigenvalue weighted by atomic mass is 10.4. The van der Waals surface area contributed by atoms with Gasteiger partial charge in [0.1, 0.15) is 9.79 Å². The molecule has 0 aliphatic heterocycles. The maximum absolute atomic E-state index is 11.3. The molecule has 1 aromatic carbocycles. The molecule has 0 heterocycles. The first-order valence-electron chi connectivity index (χ1n) is 3.66. The van der Waals surface area contributed by atoms with E-state index in [0.717, 1.165) is 19.2 Å². The first-order valence-corrected chi connectivity index (χ1v) is 6.51. The maximum Gasteiger partial charge on any atom is 0.298 e. The first kappa shape index (κ1) is 12.1. The Morgan fingerprint density at radius 3 is 1.93 bits per heavy atom. The van der Waals surface area contributed by atoms with Crippen molar-refractivity contribution >= 4 is 20.2 Å². The van der Waals surface area contributed by atoms with E-state index in [1.165, 1.54) is 12.1 Å². The normalized spacial score (nSPS) is 12.7. The van der Waals surface area contributed by atoms with Crippen LogP contribution >= 0.6 is 0 Å². The van der Waals surface area contributed by atoms with E-state index >= 15 is 0 Å². The average molecular weight is 252 g/mol. The van der Waals surface area contributed by atoms with Gasteiger partial charge >= 0.3 is 0 Å². The molecule has 0 fully saturated rings. The minimum Gasteiger partial charge on any atom is -0.282 e. The van der Waals surface area contributed by atoms with Crippen molar-refractivity contribution in [2.45, 2.75) is 9.79 Å². The molecule has 84 valence electrons. The van der Waals surface area contributed by atoms with Crippen molar-refractivity contribution in [1.29, 1.82) is 0 Å². The van der Waals surface area contributed by atoms with Gasteiger partial charge in [0.25, 0.3) is 20.2 Å². The summed E-state index contributed by atoms with van der Waals surface area (Å²) in [6, 6.07) is 4.61. The Balaban J connectivity index is 3.59. The van der Waals surface area contributed by atoms with Crippen LogP contribution in [0.25, 0.3) is 0 Å². The summed E-state index contributed by atoms with van der Waals surface area (Å²) < 4.78 is 57.2. The van der Waals surface area contributed by atoms with Crippen molar-refractivity contribution in [3.8, 4) is 0 Å². The lowest BCUT2D eigenvalue weighted by Gasteiger charge is -2.05. The fraction of sp³-hybridized carbons (Fsp3) is 0.143. The average Bonchev–Trinajstić information content (AvgIpc) is 2.16. The molecule has 0 saturated heterocycles. The summed E-state index contributed by atoms with van der Waals surface area (Å²) in [5.74, 6) is 0. The van der Waals surface area contributed by atoms with Crippen molar-refractivity contribution in [1.82, 2.24) is 0 Å². The second-order valence-electron chi connectivity index (χ2n) is 2.54. The Bertz CT molecular complexity index is 557. The fourth-order valence-electron chi connectivity index (χ4n) is 0.960. The van der Waals surface area contributed by atoms with Gasteiger partial charge in [0.05, 0.1) is 7.11 Å². The summed E-state index contributed by atoms with van der Waals surface area (Å²) in [6.07, 6.45) is 0. The molecule has 0 radical (unpaired) electrons. The molecule has 1 rings (SSSR count). The molecule has 8 heteroatoms. The highest BCUT2D eigenvalue weighted by molar-refractivity contribution is 7.89. The number of rotatable bonds is 3. The molecule has 1 N–H and O–H groups in total. The quantitative estimate of drug-likeness (QED) is 0.612. The van der Waals surface area contributed by atoms with Gasteiger partial charge in [-0.1, -0.05) is 12.1 Å². The topological polar surface area (TPSA) is 97.7 Å². The molecular weight excluding hydrogens is 244 g/mol. The lowest BCUT2D eigenvalue weighted by Crippen LogP contribution is -2.10. The van der Waals surface area contributed by atoms with Gasteiger partial charge < -0.3 is 0 Å². The predicted molar refractivity (Wildman–Crippen MR) is 50.5 cm³/mol. The third-order valence-corrected chi connectivity index (χ3v) is 3.99. The van der Waals surface area contributed by atoms with Crippen molar-refractivity contribution in [2.24, 2.45) is 0 Å². The van der Waals surface area contributed by atoms with Crippen molar-refractivity contribution in [3.05, 3.63) is 24.3 Å². The van der Waals surface area contributed by atoms with E-state index in [9.17, 15) is 16.8 Å². The van der Waals surface area contributed by atoms with E-state index in [-0.39, 0.29) is 0 Å². The second kappa shape index (κ2) is 3.89. The van der Waals surface area contributed by atoms with Crippen molar-refractivity contribution < 1.29 is 25.6 Å². The summed E-state index contributed by atoms with van der Waals surface area (Å²) in [5, 5.41) is 0. The van der Waals surface area contributed by atoms with Gasteiger partial charge in [-0.15, -0.1) is 0 Å². The van der Waals surface area contributed by atoms with Crippen LogP contribution in [0, 0.1) is 0 Å². The Labute approximate surface area is 87.4 Å². The molecule has 15 heavy (non-hydrogen) atoms. The Morgan fingerprint density at radius 1 is 1.07 bits per heavy atom. The van der Waals surface area contributed by atoms with Crippen LogP contribution in [0.1, 0.15) is 0 Å². The van der Waals surface area contributed by atoms with Crippen LogP contribution in [-0.2, 0) is 24.4 Å². The monoisotopic (exact) mass is 252 g/mol. The predicted octanol–water partition coefficient (Wildman–Crippen LogP) is 0.268. The SMILES string of the molecule is COS(=O)(=O)c1ccccc1S(=O)(=O)O. The van der Waals surface area contributed by atoms with E-state index < -0.39 is 30.0 Å². The Morgan fingerprint density at radius 2 is 1.53 bits per heavy atom. The first-order chi connectivity index (χ1) is 6.79. The summed E-state index contributed by atoms with van der Waals surface area (Å²) in [6.45, 7) is 0. The molecule has 6 nitrogen and oxygen atoms in total. The number of hydrogen-bond acceptors (Lipinski definition) is 5. The van der Waals surface area contributed by atoms with Crippen LogP contribution in [0.15, 0.2) is 34.1 Å². The number of hydrogen-bond donors (Lipinski definition) is 1. The molecular formula is C7H8O6S2. The van der Waals surface area contributed by atoms with E-state index in [1.807, 2.05) is 0 Å². The highest BCUT2D eigenvalue weighted by atomic mass is 32.2. The Hall–Kier alpha value is -0.960. The van der Waals surface area contributed by atoms with Crippen molar-refractivity contribution in [3.63, 3.8) is 0 Å². The van der Waals surface area contributed by atoms with Gasteiger partial charge in [-0.3, -0.25) is 8.74 Å². The van der Waals surface area contributed by atoms with Gasteiger partial charge in [-0.2, -0.15) is 16.8 Å². The molecule has 0 unspecified atom stereocenters. The minimum atomic E-state index is -4.59. The van der Waals surface area contributed by atoms with Gasteiger partial charge in [-0.25, -0.2) is 0 Å². The minimum absolute atomic E-state index is 0.588. The van der Waals surface area contributed by atoms with E-state index in [4.69, 9.17) is 4.55 Å². The van der Waals surface area contributed by atoms with Crippen LogP contribution in [0.2, 0.25) is 0 Å². The zero-order valence-electron chi connectivity index (χ0n) is 7.61. The molecule has 0 aliphatic carbocycles. The molecule has 0 spiro atoms. The zero-order chi connectivity index (χ0) is 11.7. The van der Waals surface area contributed by atoms with Gasteiger partial charge in [-0.05, 0) is 12.1 Å². The van der Waals surface area contributed by atoms with E-state index in [1.54, 1.807) is 0 Å². The highest BCUT2D eigenvalue weighted by Gasteiger charge is 2.24. The zero-order valence-corrected chi connectivity index (χ0v) is 9.25. The van der Waals surface area contributed by atoms with Gasteiger partial charge in [0.15, 0.2) is 0 Å². The molecule has 0 aromatic heterocycles. The molecule has 0 atom stereocenters. The highest BCUT2D eigenvalue weighted by Crippen LogP contribution is 2.21. The maximum atomic E-state index is 11.3. The smallest absolute Gasteiger partial charge is 0.282 e. The lowest BCUT2D eigenvalue weighted by molar-refractivity contribution is 0.395. The largest absolute Gasteiger partial charge is 0.298 e. The standard InChI is InChI=1S/C7H8O6S2/c1-13-15(11,12)7-5-3-2-4-6(7)14(8,9)10/h2-5H,1H3,(H,8,9,10). The molecule has 0 amide bonds. The van der Waals surface area contributed by atoms with Crippen LogP contribution in [0.5, 0.6) is 0 Å². The van der Waals surface area contributed by atoms with Crippen LogP contribution < -0.4 is 0 Å². The van der Waals surface area contributed by atoms with Gasteiger partial charge in [0, 0.05) is 0 Å². The second-order valence-corrected chi connectivity index (χ2v) is 5.61. The summed E-state index contributed by atoms with van der Waals surface area (Å²) in [4.78, 5) is -1.29. The van der Waals surface area contributed by atoms with Crippen molar-refractivity contribution in [2.75, 3.05) is 7.11 Å².